The first kappa shape index (κ1) is 27.9. The summed E-state index contributed by atoms with van der Waals surface area (Å²) in [5.41, 5.74) is 9.46. The van der Waals surface area contributed by atoms with E-state index in [1.807, 2.05) is 0 Å². The van der Waals surface area contributed by atoms with Crippen LogP contribution in [0.1, 0.15) is 71.2 Å². The van der Waals surface area contributed by atoms with Crippen LogP contribution < -0.4 is 9.47 Å². The van der Waals surface area contributed by atoms with Crippen molar-refractivity contribution in [2.75, 3.05) is 26.4 Å². The van der Waals surface area contributed by atoms with E-state index < -0.39 is 5.41 Å². The molecule has 0 fully saturated rings. The monoisotopic (exact) mass is 536 g/mol. The Kier molecular flexibility index (Phi) is 8.88. The minimum atomic E-state index is -0.526. The van der Waals surface area contributed by atoms with Crippen molar-refractivity contribution in [3.8, 4) is 11.5 Å². The number of aliphatic hydroxyl groups is 2. The molecule has 2 N–H and O–H groups in total. The van der Waals surface area contributed by atoms with Crippen LogP contribution in [0.5, 0.6) is 11.5 Å². The molecule has 0 atom stereocenters. The van der Waals surface area contributed by atoms with Crippen molar-refractivity contribution in [2.45, 2.75) is 51.4 Å². The van der Waals surface area contributed by atoms with Gasteiger partial charge in [-0.25, -0.2) is 0 Å². The average Bonchev–Trinajstić information content (AvgIpc) is 2.99. The van der Waals surface area contributed by atoms with Gasteiger partial charge in [0.2, 0.25) is 0 Å². The number of hydrogen-bond donors (Lipinski definition) is 2. The summed E-state index contributed by atoms with van der Waals surface area (Å²) < 4.78 is 12.0. The molecule has 0 amide bonds. The molecule has 0 unspecified atom stereocenters. The maximum atomic E-state index is 9.41. The first-order valence-corrected chi connectivity index (χ1v) is 14.6. The van der Waals surface area contributed by atoms with Crippen LogP contribution in [0.2, 0.25) is 0 Å². The van der Waals surface area contributed by atoms with Crippen molar-refractivity contribution in [1.29, 1.82) is 0 Å². The molecule has 4 aromatic carbocycles. The van der Waals surface area contributed by atoms with Crippen LogP contribution in [-0.2, 0) is 24.7 Å². The zero-order valence-electron chi connectivity index (χ0n) is 23.7. The topological polar surface area (TPSA) is 58.9 Å². The molecule has 0 radical (unpaired) electrons. The Morgan fingerprint density at radius 3 is 1.50 bits per heavy atom. The molecular formula is C36H40O4. The van der Waals surface area contributed by atoms with Crippen LogP contribution in [0.4, 0.5) is 0 Å². The first-order chi connectivity index (χ1) is 19.7. The highest BCUT2D eigenvalue weighted by Crippen LogP contribution is 2.52. The summed E-state index contributed by atoms with van der Waals surface area (Å²) >= 11 is 0. The Labute approximate surface area is 238 Å². The van der Waals surface area contributed by atoms with E-state index in [1.54, 1.807) is 0 Å². The number of rotatable bonds is 12. The van der Waals surface area contributed by atoms with E-state index in [4.69, 9.17) is 9.47 Å². The number of benzene rings is 4. The summed E-state index contributed by atoms with van der Waals surface area (Å²) in [6.07, 6.45) is 4.67. The van der Waals surface area contributed by atoms with E-state index in [2.05, 4.69) is 98.8 Å². The summed E-state index contributed by atoms with van der Waals surface area (Å²) in [6, 6.07) is 30.9. The van der Waals surface area contributed by atoms with Crippen molar-refractivity contribution in [1.82, 2.24) is 0 Å². The molecule has 4 heteroatoms. The molecule has 4 nitrogen and oxygen atoms in total. The van der Waals surface area contributed by atoms with Crippen molar-refractivity contribution >= 4 is 0 Å². The number of aliphatic hydroxyl groups excluding tert-OH is 2. The Balaban J connectivity index is 1.83. The predicted octanol–water partition coefficient (Wildman–Crippen LogP) is 6.62. The number of ether oxygens (including phenoxy) is 2. The molecule has 1 aliphatic carbocycles. The fourth-order valence-electron chi connectivity index (χ4n) is 6.37. The zero-order valence-corrected chi connectivity index (χ0v) is 23.7. The molecule has 40 heavy (non-hydrogen) atoms. The Bertz CT molecular complexity index is 1330. The molecule has 0 saturated carbocycles. The highest BCUT2D eigenvalue weighted by atomic mass is 16.5. The second kappa shape index (κ2) is 12.7. The normalized spacial score (nSPS) is 13.4. The van der Waals surface area contributed by atoms with Gasteiger partial charge in [-0.05, 0) is 75.9 Å². The molecule has 0 aliphatic heterocycles. The maximum Gasteiger partial charge on any atom is 0.122 e. The van der Waals surface area contributed by atoms with Crippen molar-refractivity contribution in [3.05, 3.63) is 129 Å². The summed E-state index contributed by atoms with van der Waals surface area (Å²) in [5.74, 6) is 1.68. The van der Waals surface area contributed by atoms with Crippen LogP contribution in [0, 0.1) is 0 Å². The van der Waals surface area contributed by atoms with Crippen LogP contribution in [-0.4, -0.2) is 36.6 Å². The van der Waals surface area contributed by atoms with Gasteiger partial charge in [0.25, 0.3) is 0 Å². The Morgan fingerprint density at radius 1 is 0.625 bits per heavy atom. The summed E-state index contributed by atoms with van der Waals surface area (Å²) in [6.45, 7) is 4.91. The van der Waals surface area contributed by atoms with E-state index in [0.717, 1.165) is 54.7 Å². The average molecular weight is 537 g/mol. The highest BCUT2D eigenvalue weighted by molar-refractivity contribution is 5.68. The van der Waals surface area contributed by atoms with Gasteiger partial charge in [0, 0.05) is 0 Å². The van der Waals surface area contributed by atoms with E-state index in [9.17, 15) is 10.2 Å². The van der Waals surface area contributed by atoms with E-state index in [0.29, 0.717) is 0 Å². The van der Waals surface area contributed by atoms with E-state index in [1.165, 1.54) is 33.4 Å². The summed E-state index contributed by atoms with van der Waals surface area (Å²) in [7, 11) is 0. The lowest BCUT2D eigenvalue weighted by molar-refractivity contribution is 0.200. The highest BCUT2D eigenvalue weighted by Gasteiger charge is 2.44. The van der Waals surface area contributed by atoms with Gasteiger partial charge in [-0.3, -0.25) is 0 Å². The first-order valence-electron chi connectivity index (χ1n) is 14.6. The predicted molar refractivity (Wildman–Crippen MR) is 161 cm³/mol. The van der Waals surface area contributed by atoms with E-state index in [-0.39, 0.29) is 26.4 Å². The minimum absolute atomic E-state index is 0.0110. The summed E-state index contributed by atoms with van der Waals surface area (Å²) in [4.78, 5) is 0. The second-order valence-electron chi connectivity index (χ2n) is 10.5. The summed E-state index contributed by atoms with van der Waals surface area (Å²) in [5, 5.41) is 18.8. The quantitative estimate of drug-likeness (QED) is 0.188. The molecule has 0 heterocycles. The third kappa shape index (κ3) is 5.14. The molecule has 5 rings (SSSR count). The lowest BCUT2D eigenvalue weighted by Gasteiger charge is -2.43. The SMILES string of the molecule is CCCc1cc(C2(c3ccc(OCCO)c(CCC)c3)c3ccccc3Cc3ccccc32)ccc1OCCO. The zero-order chi connectivity index (χ0) is 28.0. The van der Waals surface area contributed by atoms with Gasteiger partial charge in [0.15, 0.2) is 0 Å². The number of hydrogen-bond acceptors (Lipinski definition) is 4. The van der Waals surface area contributed by atoms with Crippen molar-refractivity contribution in [2.24, 2.45) is 0 Å². The lowest BCUT2D eigenvalue weighted by atomic mass is 9.59. The Hall–Kier alpha value is -3.60. The van der Waals surface area contributed by atoms with Gasteiger partial charge in [0.05, 0.1) is 18.6 Å². The molecule has 0 spiro atoms. The fraction of sp³-hybridized carbons (Fsp3) is 0.333. The van der Waals surface area contributed by atoms with Crippen LogP contribution in [0.15, 0.2) is 84.9 Å². The number of fused-ring (bicyclic) bond motifs is 2. The van der Waals surface area contributed by atoms with Gasteiger partial charge < -0.3 is 19.7 Å². The van der Waals surface area contributed by atoms with Gasteiger partial charge in [-0.15, -0.1) is 0 Å². The second-order valence-corrected chi connectivity index (χ2v) is 10.5. The van der Waals surface area contributed by atoms with Crippen LogP contribution >= 0.6 is 0 Å². The van der Waals surface area contributed by atoms with Gasteiger partial charge >= 0.3 is 0 Å². The van der Waals surface area contributed by atoms with Crippen molar-refractivity contribution in [3.63, 3.8) is 0 Å². The fourth-order valence-corrected chi connectivity index (χ4v) is 6.37. The molecule has 0 bridgehead atoms. The molecule has 0 saturated heterocycles. The molecule has 0 aromatic heterocycles. The smallest absolute Gasteiger partial charge is 0.122 e. The third-order valence-corrected chi connectivity index (χ3v) is 7.95. The standard InChI is InChI=1S/C36H40O4/c1-3-9-28-24-30(15-17-34(28)39-21-19-37)36(31-16-18-35(40-22-20-38)29(25-31)10-4-2)32-13-7-5-11-26(32)23-27-12-6-8-14-33(27)36/h5-8,11-18,24-25,37-38H,3-4,9-10,19-23H2,1-2H3. The largest absolute Gasteiger partial charge is 0.491 e. The van der Waals surface area contributed by atoms with Crippen molar-refractivity contribution < 1.29 is 19.7 Å². The van der Waals surface area contributed by atoms with Gasteiger partial charge in [0.1, 0.15) is 24.7 Å². The maximum absolute atomic E-state index is 9.41. The lowest BCUT2D eigenvalue weighted by Crippen LogP contribution is -2.36. The number of aryl methyl sites for hydroxylation is 2. The third-order valence-electron chi connectivity index (χ3n) is 7.95. The molecular weight excluding hydrogens is 496 g/mol. The minimum Gasteiger partial charge on any atom is -0.491 e. The van der Waals surface area contributed by atoms with Gasteiger partial charge in [-0.2, -0.15) is 0 Å². The van der Waals surface area contributed by atoms with Gasteiger partial charge in [-0.1, -0.05) is 99.5 Å². The van der Waals surface area contributed by atoms with Crippen LogP contribution in [0.3, 0.4) is 0 Å². The van der Waals surface area contributed by atoms with Crippen LogP contribution in [0.25, 0.3) is 0 Å². The Morgan fingerprint density at radius 2 is 1.07 bits per heavy atom. The van der Waals surface area contributed by atoms with E-state index >= 15 is 0 Å². The molecule has 208 valence electrons. The molecule has 1 aliphatic rings. The molecule has 4 aromatic rings.